The fourth-order valence-corrected chi connectivity index (χ4v) is 2.42. The quantitative estimate of drug-likeness (QED) is 0.289. The fraction of sp³-hybridized carbons (Fsp3) is 0.0833. The summed E-state index contributed by atoms with van der Waals surface area (Å²) >= 11 is 0. The molecular weight excluding hydrogens is 350 g/mol. The first-order chi connectivity index (χ1) is 13.8. The molecule has 0 radical (unpaired) electrons. The van der Waals surface area contributed by atoms with Crippen LogP contribution in [-0.4, -0.2) is 18.8 Å². The Kier molecular flexibility index (Phi) is 6.59. The number of methoxy groups -OCH3 is 1. The van der Waals surface area contributed by atoms with Crippen molar-refractivity contribution in [3.05, 3.63) is 107 Å². The molecule has 0 spiro atoms. The van der Waals surface area contributed by atoms with E-state index in [4.69, 9.17) is 9.57 Å². The molecule has 0 unspecified atom stereocenters. The van der Waals surface area contributed by atoms with Crippen molar-refractivity contribution in [2.75, 3.05) is 7.11 Å². The molecule has 0 atom stereocenters. The molecule has 0 fully saturated rings. The normalized spacial score (nSPS) is 10.5. The third kappa shape index (κ3) is 5.33. The van der Waals surface area contributed by atoms with E-state index in [-0.39, 0.29) is 12.6 Å². The van der Waals surface area contributed by atoms with Gasteiger partial charge in [0.15, 0.2) is 5.71 Å². The van der Waals surface area contributed by atoms with Crippen LogP contribution in [0.4, 0.5) is 0 Å². The van der Waals surface area contributed by atoms with Crippen molar-refractivity contribution in [2.45, 2.75) is 6.61 Å². The van der Waals surface area contributed by atoms with E-state index in [1.54, 1.807) is 24.3 Å². The number of ether oxygens (including phenoxy) is 1. The second kappa shape index (κ2) is 9.75. The van der Waals surface area contributed by atoms with Gasteiger partial charge < -0.3 is 9.57 Å². The maximum atomic E-state index is 11.5. The van der Waals surface area contributed by atoms with E-state index in [9.17, 15) is 4.79 Å². The highest BCUT2D eigenvalue weighted by Gasteiger charge is 2.05. The predicted octanol–water partition coefficient (Wildman–Crippen LogP) is 4.45. The van der Waals surface area contributed by atoms with Gasteiger partial charge in [0.25, 0.3) is 0 Å². The van der Waals surface area contributed by atoms with Crippen molar-refractivity contribution in [1.82, 2.24) is 0 Å². The topological polar surface area (TPSA) is 47.9 Å². The van der Waals surface area contributed by atoms with Gasteiger partial charge in [-0.05, 0) is 35.7 Å². The van der Waals surface area contributed by atoms with Crippen molar-refractivity contribution in [3.63, 3.8) is 0 Å². The van der Waals surface area contributed by atoms with Crippen LogP contribution in [0.5, 0.6) is 0 Å². The zero-order valence-corrected chi connectivity index (χ0v) is 15.5. The van der Waals surface area contributed by atoms with Gasteiger partial charge in [-0.2, -0.15) is 0 Å². The number of carbonyl (C=O) groups excluding carboxylic acids is 1. The summed E-state index contributed by atoms with van der Waals surface area (Å²) in [6.45, 7) is 0.269. The monoisotopic (exact) mass is 369 g/mol. The van der Waals surface area contributed by atoms with Gasteiger partial charge in [0, 0.05) is 11.1 Å². The van der Waals surface area contributed by atoms with Gasteiger partial charge in [-0.25, -0.2) is 4.79 Å². The highest BCUT2D eigenvalue weighted by Crippen LogP contribution is 2.08. The van der Waals surface area contributed by atoms with Crippen molar-refractivity contribution in [1.29, 1.82) is 0 Å². The Morgan fingerprint density at radius 1 is 0.857 bits per heavy atom. The standard InChI is InChI=1S/C24H19NO3/c1-27-24(26)22-15-12-20(13-16-22)18-28-25-23(21-10-6-3-7-11-21)17-14-19-8-4-2-5-9-19/h2-13,15-16H,18H2,1H3/b25-23+. The number of hydrogen-bond acceptors (Lipinski definition) is 4. The molecule has 0 N–H and O–H groups in total. The number of nitrogens with zero attached hydrogens (tertiary/aromatic N) is 1. The largest absolute Gasteiger partial charge is 0.465 e. The summed E-state index contributed by atoms with van der Waals surface area (Å²) in [6.07, 6.45) is 0. The SMILES string of the molecule is COC(=O)c1ccc(CO/N=C(\C#Cc2ccccc2)c2ccccc2)cc1. The third-order valence-electron chi connectivity index (χ3n) is 3.91. The number of benzene rings is 3. The molecule has 0 heterocycles. The summed E-state index contributed by atoms with van der Waals surface area (Å²) in [5.41, 5.74) is 3.72. The van der Waals surface area contributed by atoms with Crippen LogP contribution in [-0.2, 0) is 16.2 Å². The number of rotatable bonds is 5. The van der Waals surface area contributed by atoms with E-state index in [1.807, 2.05) is 60.7 Å². The molecule has 0 aromatic heterocycles. The minimum absolute atomic E-state index is 0.269. The zero-order chi connectivity index (χ0) is 19.6. The van der Waals surface area contributed by atoms with Gasteiger partial charge in [0.2, 0.25) is 0 Å². The van der Waals surface area contributed by atoms with E-state index in [2.05, 4.69) is 17.0 Å². The smallest absolute Gasteiger partial charge is 0.337 e. The van der Waals surface area contributed by atoms with Crippen molar-refractivity contribution in [3.8, 4) is 11.8 Å². The number of esters is 1. The van der Waals surface area contributed by atoms with E-state index in [0.29, 0.717) is 11.3 Å². The second-order valence-corrected chi connectivity index (χ2v) is 5.88. The molecule has 0 amide bonds. The van der Waals surface area contributed by atoms with E-state index in [0.717, 1.165) is 16.7 Å². The Morgan fingerprint density at radius 2 is 1.50 bits per heavy atom. The molecule has 3 aromatic carbocycles. The number of carbonyl (C=O) groups is 1. The molecule has 3 rings (SSSR count). The van der Waals surface area contributed by atoms with Crippen LogP contribution < -0.4 is 0 Å². The van der Waals surface area contributed by atoms with Crippen LogP contribution in [0.2, 0.25) is 0 Å². The third-order valence-corrected chi connectivity index (χ3v) is 3.91. The van der Waals surface area contributed by atoms with Crippen LogP contribution in [0.3, 0.4) is 0 Å². The molecule has 4 heteroatoms. The molecule has 138 valence electrons. The summed E-state index contributed by atoms with van der Waals surface area (Å²) in [6, 6.07) is 26.4. The number of hydrogen-bond donors (Lipinski definition) is 0. The van der Waals surface area contributed by atoms with E-state index < -0.39 is 0 Å². The molecule has 0 aliphatic heterocycles. The van der Waals surface area contributed by atoms with Gasteiger partial charge in [-0.15, -0.1) is 0 Å². The van der Waals surface area contributed by atoms with Gasteiger partial charge in [-0.1, -0.05) is 71.7 Å². The maximum absolute atomic E-state index is 11.5. The van der Waals surface area contributed by atoms with Crippen LogP contribution >= 0.6 is 0 Å². The highest BCUT2D eigenvalue weighted by molar-refractivity contribution is 6.12. The van der Waals surface area contributed by atoms with Crippen LogP contribution in [0.25, 0.3) is 0 Å². The van der Waals surface area contributed by atoms with Crippen molar-refractivity contribution < 1.29 is 14.4 Å². The van der Waals surface area contributed by atoms with Gasteiger partial charge in [0.05, 0.1) is 12.7 Å². The minimum atomic E-state index is -0.368. The first kappa shape index (κ1) is 18.9. The molecule has 0 saturated heterocycles. The Labute approximate surface area is 164 Å². The molecule has 3 aromatic rings. The summed E-state index contributed by atoms with van der Waals surface area (Å²) < 4.78 is 4.69. The van der Waals surface area contributed by atoms with E-state index >= 15 is 0 Å². The van der Waals surface area contributed by atoms with Gasteiger partial charge in [0.1, 0.15) is 6.61 Å². The lowest BCUT2D eigenvalue weighted by Crippen LogP contribution is -2.01. The first-order valence-corrected chi connectivity index (χ1v) is 8.76. The minimum Gasteiger partial charge on any atom is -0.465 e. The Bertz CT molecular complexity index is 998. The molecule has 0 saturated carbocycles. The highest BCUT2D eigenvalue weighted by atomic mass is 16.6. The van der Waals surface area contributed by atoms with Crippen molar-refractivity contribution >= 4 is 11.7 Å². The van der Waals surface area contributed by atoms with Crippen LogP contribution in [0.15, 0.2) is 90.1 Å². The number of oxime groups is 1. The Hall–Kier alpha value is -3.84. The second-order valence-electron chi connectivity index (χ2n) is 5.88. The summed E-state index contributed by atoms with van der Waals surface area (Å²) in [7, 11) is 1.36. The Balaban J connectivity index is 1.74. The van der Waals surface area contributed by atoms with Crippen molar-refractivity contribution in [2.24, 2.45) is 5.16 Å². The summed E-state index contributed by atoms with van der Waals surface area (Å²) in [4.78, 5) is 17.0. The van der Waals surface area contributed by atoms with Gasteiger partial charge in [-0.3, -0.25) is 0 Å². The average Bonchev–Trinajstić information content (AvgIpc) is 2.77. The van der Waals surface area contributed by atoms with E-state index in [1.165, 1.54) is 7.11 Å². The lowest BCUT2D eigenvalue weighted by atomic mass is 10.1. The summed E-state index contributed by atoms with van der Waals surface area (Å²) in [5.74, 6) is 5.82. The zero-order valence-electron chi connectivity index (χ0n) is 15.5. The fourth-order valence-electron chi connectivity index (χ4n) is 2.42. The summed E-state index contributed by atoms with van der Waals surface area (Å²) in [5, 5.41) is 4.23. The van der Waals surface area contributed by atoms with Crippen LogP contribution in [0, 0.1) is 11.8 Å². The molecule has 0 bridgehead atoms. The molecule has 0 aliphatic rings. The predicted molar refractivity (Wildman–Crippen MR) is 109 cm³/mol. The Morgan fingerprint density at radius 3 is 2.14 bits per heavy atom. The van der Waals surface area contributed by atoms with Crippen LogP contribution in [0.1, 0.15) is 27.0 Å². The first-order valence-electron chi connectivity index (χ1n) is 8.76. The average molecular weight is 369 g/mol. The molecular formula is C24H19NO3. The molecule has 0 aliphatic carbocycles. The lowest BCUT2D eigenvalue weighted by Gasteiger charge is -2.04. The maximum Gasteiger partial charge on any atom is 0.337 e. The molecule has 4 nitrogen and oxygen atoms in total. The van der Waals surface area contributed by atoms with Gasteiger partial charge >= 0.3 is 5.97 Å². The lowest BCUT2D eigenvalue weighted by molar-refractivity contribution is 0.0600. The molecule has 28 heavy (non-hydrogen) atoms.